The zero-order chi connectivity index (χ0) is 25.4. The van der Waals surface area contributed by atoms with Gasteiger partial charge >= 0.3 is 5.97 Å². The molecule has 35 heavy (non-hydrogen) atoms. The van der Waals surface area contributed by atoms with Gasteiger partial charge in [-0.15, -0.1) is 0 Å². The van der Waals surface area contributed by atoms with E-state index in [2.05, 4.69) is 10.6 Å². The van der Waals surface area contributed by atoms with Gasteiger partial charge < -0.3 is 25.2 Å². The molecule has 188 valence electrons. The number of hydrogen-bond donors (Lipinski definition) is 3. The van der Waals surface area contributed by atoms with Crippen LogP contribution in [0.25, 0.3) is 0 Å². The Morgan fingerprint density at radius 1 is 0.943 bits per heavy atom. The van der Waals surface area contributed by atoms with Gasteiger partial charge in [-0.05, 0) is 69.0 Å². The molecule has 0 atom stereocenters. The number of rotatable bonds is 10. The van der Waals surface area contributed by atoms with Crippen molar-refractivity contribution >= 4 is 41.0 Å². The number of amides is 2. The summed E-state index contributed by atoms with van der Waals surface area (Å²) in [4.78, 5) is 35.9. The van der Waals surface area contributed by atoms with Crippen molar-refractivity contribution in [3.05, 3.63) is 57.6 Å². The highest BCUT2D eigenvalue weighted by Crippen LogP contribution is 2.30. The lowest BCUT2D eigenvalue weighted by atomic mass is 9.87. The van der Waals surface area contributed by atoms with E-state index in [0.29, 0.717) is 59.9 Å². The van der Waals surface area contributed by atoms with Crippen LogP contribution in [-0.4, -0.2) is 48.7 Å². The SMILES string of the molecule is CCOc1ccc(C(=O)NCCNC(=O)c2ccc(OC3CCC(C(=O)O)CC3)cc2Cl)cc1Cl. The van der Waals surface area contributed by atoms with Gasteiger partial charge in [0, 0.05) is 18.7 Å². The Morgan fingerprint density at radius 2 is 1.63 bits per heavy atom. The summed E-state index contributed by atoms with van der Waals surface area (Å²) in [5.74, 6) is -0.721. The molecule has 3 rings (SSSR count). The van der Waals surface area contributed by atoms with Crippen LogP contribution in [0.4, 0.5) is 0 Å². The summed E-state index contributed by atoms with van der Waals surface area (Å²) in [6.45, 7) is 2.74. The first kappa shape index (κ1) is 26.6. The topological polar surface area (TPSA) is 114 Å². The Kier molecular flexibility index (Phi) is 9.63. The second kappa shape index (κ2) is 12.7. The lowest BCUT2D eigenvalue weighted by Crippen LogP contribution is -2.34. The van der Waals surface area contributed by atoms with Crippen LogP contribution in [0.5, 0.6) is 11.5 Å². The van der Waals surface area contributed by atoms with Crippen LogP contribution in [0, 0.1) is 5.92 Å². The van der Waals surface area contributed by atoms with Gasteiger partial charge in [-0.2, -0.15) is 0 Å². The van der Waals surface area contributed by atoms with Gasteiger partial charge in [0.25, 0.3) is 11.8 Å². The highest BCUT2D eigenvalue weighted by Gasteiger charge is 2.27. The molecule has 0 spiro atoms. The van der Waals surface area contributed by atoms with Gasteiger partial charge in [0.15, 0.2) is 0 Å². The number of carboxylic acids is 1. The van der Waals surface area contributed by atoms with E-state index in [1.165, 1.54) is 6.07 Å². The minimum absolute atomic E-state index is 0.0739. The quantitative estimate of drug-likeness (QED) is 0.393. The predicted molar refractivity (Wildman–Crippen MR) is 133 cm³/mol. The maximum atomic E-state index is 12.5. The van der Waals surface area contributed by atoms with Crippen molar-refractivity contribution < 1.29 is 29.0 Å². The maximum Gasteiger partial charge on any atom is 0.306 e. The highest BCUT2D eigenvalue weighted by atomic mass is 35.5. The minimum atomic E-state index is -0.762. The Balaban J connectivity index is 1.44. The van der Waals surface area contributed by atoms with Crippen molar-refractivity contribution in [1.29, 1.82) is 0 Å². The van der Waals surface area contributed by atoms with E-state index in [-0.39, 0.29) is 41.9 Å². The summed E-state index contributed by atoms with van der Waals surface area (Å²) in [5, 5.41) is 15.1. The molecule has 3 N–H and O–H groups in total. The normalized spacial score (nSPS) is 17.3. The average Bonchev–Trinajstić information content (AvgIpc) is 2.83. The standard InChI is InChI=1S/C25H28Cl2N2O6/c1-2-34-22-10-5-16(13-21(22)27)23(30)28-11-12-29-24(31)19-9-8-18(14-20(19)26)35-17-6-3-15(4-7-17)25(32)33/h5,8-10,13-15,17H,2-4,6-7,11-12H2,1H3,(H,28,30)(H,29,31)(H,32,33). The molecule has 0 aliphatic heterocycles. The predicted octanol–water partition coefficient (Wildman–Crippen LogP) is 4.57. The van der Waals surface area contributed by atoms with E-state index in [0.717, 1.165) is 0 Å². The summed E-state index contributed by atoms with van der Waals surface area (Å²) >= 11 is 12.4. The smallest absolute Gasteiger partial charge is 0.306 e. The van der Waals surface area contributed by atoms with Crippen molar-refractivity contribution in [2.45, 2.75) is 38.7 Å². The van der Waals surface area contributed by atoms with Crippen LogP contribution < -0.4 is 20.1 Å². The fourth-order valence-corrected chi connectivity index (χ4v) is 4.33. The van der Waals surface area contributed by atoms with E-state index in [1.807, 2.05) is 6.92 Å². The summed E-state index contributed by atoms with van der Waals surface area (Å²) in [5.41, 5.74) is 0.679. The van der Waals surface area contributed by atoms with Crippen LogP contribution in [0.3, 0.4) is 0 Å². The molecule has 0 aromatic heterocycles. The minimum Gasteiger partial charge on any atom is -0.492 e. The van der Waals surface area contributed by atoms with Crippen molar-refractivity contribution in [2.24, 2.45) is 5.92 Å². The molecule has 2 aromatic rings. The van der Waals surface area contributed by atoms with Gasteiger partial charge in [-0.1, -0.05) is 23.2 Å². The molecule has 8 nitrogen and oxygen atoms in total. The molecule has 0 unspecified atom stereocenters. The van der Waals surface area contributed by atoms with Crippen molar-refractivity contribution in [2.75, 3.05) is 19.7 Å². The van der Waals surface area contributed by atoms with Crippen molar-refractivity contribution in [1.82, 2.24) is 10.6 Å². The number of ether oxygens (including phenoxy) is 2. The number of halogens is 2. The van der Waals surface area contributed by atoms with Crippen LogP contribution in [0.15, 0.2) is 36.4 Å². The molecule has 1 aliphatic rings. The first-order valence-corrected chi connectivity index (χ1v) is 12.2. The van der Waals surface area contributed by atoms with Gasteiger partial charge in [0.2, 0.25) is 0 Å². The Bertz CT molecular complexity index is 1070. The van der Waals surface area contributed by atoms with E-state index < -0.39 is 5.97 Å². The van der Waals surface area contributed by atoms with Crippen LogP contribution in [0.1, 0.15) is 53.3 Å². The molecule has 1 aliphatic carbocycles. The van der Waals surface area contributed by atoms with Crippen molar-refractivity contribution in [3.63, 3.8) is 0 Å². The lowest BCUT2D eigenvalue weighted by Gasteiger charge is -2.26. The average molecular weight is 523 g/mol. The Hall–Kier alpha value is -2.97. The lowest BCUT2D eigenvalue weighted by molar-refractivity contribution is -0.143. The zero-order valence-corrected chi connectivity index (χ0v) is 20.8. The Labute approximate surface area is 213 Å². The van der Waals surface area contributed by atoms with E-state index >= 15 is 0 Å². The van der Waals surface area contributed by atoms with Gasteiger partial charge in [0.05, 0.1) is 34.2 Å². The summed E-state index contributed by atoms with van der Waals surface area (Å²) < 4.78 is 11.3. The van der Waals surface area contributed by atoms with Gasteiger partial charge in [-0.3, -0.25) is 14.4 Å². The molecule has 0 saturated heterocycles. The maximum absolute atomic E-state index is 12.5. The van der Waals surface area contributed by atoms with E-state index in [1.54, 1.807) is 30.3 Å². The summed E-state index contributed by atoms with van der Waals surface area (Å²) in [6.07, 6.45) is 2.40. The van der Waals surface area contributed by atoms with Crippen LogP contribution >= 0.6 is 23.2 Å². The fraction of sp³-hybridized carbons (Fsp3) is 0.400. The van der Waals surface area contributed by atoms with E-state index in [4.69, 9.17) is 37.8 Å². The molecule has 0 heterocycles. The number of hydrogen-bond acceptors (Lipinski definition) is 5. The zero-order valence-electron chi connectivity index (χ0n) is 19.3. The third kappa shape index (κ3) is 7.50. The second-order valence-electron chi connectivity index (χ2n) is 8.16. The van der Waals surface area contributed by atoms with Crippen molar-refractivity contribution in [3.8, 4) is 11.5 Å². The molecule has 2 amide bonds. The highest BCUT2D eigenvalue weighted by molar-refractivity contribution is 6.34. The molecule has 0 radical (unpaired) electrons. The first-order chi connectivity index (χ1) is 16.8. The fourth-order valence-electron chi connectivity index (χ4n) is 3.84. The molecular weight excluding hydrogens is 495 g/mol. The number of carboxylic acid groups (broad SMARTS) is 1. The third-order valence-corrected chi connectivity index (χ3v) is 6.31. The molecule has 2 aromatic carbocycles. The van der Waals surface area contributed by atoms with E-state index in [9.17, 15) is 14.4 Å². The van der Waals surface area contributed by atoms with Crippen LogP contribution in [-0.2, 0) is 4.79 Å². The van der Waals surface area contributed by atoms with Gasteiger partial charge in [0.1, 0.15) is 11.5 Å². The Morgan fingerprint density at radius 3 is 2.23 bits per heavy atom. The molecule has 1 fully saturated rings. The van der Waals surface area contributed by atoms with Crippen LogP contribution in [0.2, 0.25) is 10.0 Å². The summed E-state index contributed by atoms with van der Waals surface area (Å²) in [6, 6.07) is 9.61. The number of nitrogens with one attached hydrogen (secondary N) is 2. The number of benzene rings is 2. The molecular formula is C25H28Cl2N2O6. The second-order valence-corrected chi connectivity index (χ2v) is 8.98. The first-order valence-electron chi connectivity index (χ1n) is 11.5. The summed E-state index contributed by atoms with van der Waals surface area (Å²) in [7, 11) is 0. The third-order valence-electron chi connectivity index (χ3n) is 5.70. The largest absolute Gasteiger partial charge is 0.492 e. The van der Waals surface area contributed by atoms with Gasteiger partial charge in [-0.25, -0.2) is 0 Å². The molecule has 1 saturated carbocycles. The number of carbonyl (C=O) groups excluding carboxylic acids is 2. The molecule has 0 bridgehead atoms. The number of carbonyl (C=O) groups is 3. The monoisotopic (exact) mass is 522 g/mol. The molecule has 10 heteroatoms. The number of aliphatic carboxylic acids is 1.